The Morgan fingerprint density at radius 1 is 0.889 bits per heavy atom. The highest BCUT2D eigenvalue weighted by Crippen LogP contribution is 2.29. The molecule has 0 spiro atoms. The molecule has 4 rings (SSSR count). The molecule has 4 heteroatoms. The maximum absolute atomic E-state index is 10.0. The van der Waals surface area contributed by atoms with Crippen LogP contribution in [0.15, 0.2) is 89.8 Å². The molecule has 0 aromatic heterocycles. The molecule has 3 nitrogen and oxygen atoms in total. The predicted octanol–water partition coefficient (Wildman–Crippen LogP) is 7.71. The van der Waals surface area contributed by atoms with Gasteiger partial charge in [0.15, 0.2) is 0 Å². The van der Waals surface area contributed by atoms with E-state index < -0.39 is 0 Å². The first-order chi connectivity index (χ1) is 17.2. The van der Waals surface area contributed by atoms with Crippen molar-refractivity contribution in [1.82, 2.24) is 9.62 Å². The summed E-state index contributed by atoms with van der Waals surface area (Å²) in [6.07, 6.45) is 1.00. The van der Waals surface area contributed by atoms with Gasteiger partial charge in [0.2, 0.25) is 0 Å². The molecule has 0 aliphatic carbocycles. The molecule has 36 heavy (non-hydrogen) atoms. The Balaban J connectivity index is 1.26. The van der Waals surface area contributed by atoms with E-state index in [4.69, 9.17) is 0 Å². The molecule has 0 fully saturated rings. The predicted molar refractivity (Wildman–Crippen MR) is 156 cm³/mol. The molecule has 0 amide bonds. The summed E-state index contributed by atoms with van der Waals surface area (Å²) >= 11 is 1.77. The number of nitrogens with zero attached hydrogens (tertiary/aromatic N) is 1. The van der Waals surface area contributed by atoms with E-state index in [2.05, 4.69) is 110 Å². The number of hydrogen-bond donors (Lipinski definition) is 2. The zero-order chi connectivity index (χ0) is 25.7. The molecule has 2 N–H and O–H groups in total. The van der Waals surface area contributed by atoms with Crippen LogP contribution in [0, 0.1) is 12.8 Å². The van der Waals surface area contributed by atoms with Crippen LogP contribution < -0.4 is 5.32 Å². The van der Waals surface area contributed by atoms with E-state index in [-0.39, 0.29) is 5.54 Å². The Kier molecular flexibility index (Phi) is 8.40. The Bertz CT molecular complexity index is 1300. The van der Waals surface area contributed by atoms with Crippen LogP contribution in [0.2, 0.25) is 0 Å². The van der Waals surface area contributed by atoms with Gasteiger partial charge in [0, 0.05) is 17.0 Å². The third-order valence-electron chi connectivity index (χ3n) is 6.62. The van der Waals surface area contributed by atoms with Gasteiger partial charge in [-0.2, -0.15) is 0 Å². The first-order valence-electron chi connectivity index (χ1n) is 12.7. The summed E-state index contributed by atoms with van der Waals surface area (Å²) in [6.45, 7) is 10.8. The summed E-state index contributed by atoms with van der Waals surface area (Å²) in [6, 6.07) is 29.8. The summed E-state index contributed by atoms with van der Waals surface area (Å²) in [5.41, 5.74) is 4.45. The Hall–Kier alpha value is -2.79. The van der Waals surface area contributed by atoms with E-state index in [1.54, 1.807) is 11.9 Å². The highest BCUT2D eigenvalue weighted by molar-refractivity contribution is 7.97. The van der Waals surface area contributed by atoms with Gasteiger partial charge in [-0.05, 0) is 110 Å². The molecule has 1 unspecified atom stereocenters. The van der Waals surface area contributed by atoms with Gasteiger partial charge in [-0.1, -0.05) is 73.7 Å². The molecule has 0 saturated heterocycles. The lowest BCUT2D eigenvalue weighted by Gasteiger charge is -2.29. The van der Waals surface area contributed by atoms with E-state index in [0.29, 0.717) is 11.7 Å². The minimum absolute atomic E-state index is 0.0304. The lowest BCUT2D eigenvalue weighted by atomic mass is 9.93. The molecule has 0 heterocycles. The number of phenolic OH excluding ortho intramolecular Hbond substituents is 1. The molecule has 0 saturated carbocycles. The van der Waals surface area contributed by atoms with Crippen LogP contribution in [0.3, 0.4) is 0 Å². The summed E-state index contributed by atoms with van der Waals surface area (Å²) in [5.74, 6) is 0.863. The van der Waals surface area contributed by atoms with Crippen LogP contribution in [-0.4, -0.2) is 35.1 Å². The maximum atomic E-state index is 10.0. The van der Waals surface area contributed by atoms with Crippen LogP contribution >= 0.6 is 11.9 Å². The topological polar surface area (TPSA) is 35.5 Å². The molecule has 0 bridgehead atoms. The SMILES string of the molecule is Cc1ccc(-c2ccc(SN(C)CC(C)CNC(C)(C)Cc3ccc4ccccc4c3)cc2)cc1O. The van der Waals surface area contributed by atoms with E-state index in [1.165, 1.54) is 21.2 Å². The van der Waals surface area contributed by atoms with Crippen molar-refractivity contribution in [2.24, 2.45) is 5.92 Å². The van der Waals surface area contributed by atoms with Gasteiger partial charge in [0.05, 0.1) is 0 Å². The van der Waals surface area contributed by atoms with Crippen LogP contribution in [0.4, 0.5) is 0 Å². The van der Waals surface area contributed by atoms with Crippen molar-refractivity contribution in [2.45, 2.75) is 44.6 Å². The second kappa shape index (κ2) is 11.5. The minimum atomic E-state index is 0.0304. The van der Waals surface area contributed by atoms with Gasteiger partial charge >= 0.3 is 0 Å². The first kappa shape index (κ1) is 26.3. The van der Waals surface area contributed by atoms with Gasteiger partial charge in [0.1, 0.15) is 5.75 Å². The third-order valence-corrected chi connectivity index (χ3v) is 7.56. The molecule has 1 atom stereocenters. The Labute approximate surface area is 220 Å². The van der Waals surface area contributed by atoms with Crippen LogP contribution in [0.25, 0.3) is 21.9 Å². The first-order valence-corrected chi connectivity index (χ1v) is 13.5. The van der Waals surface area contributed by atoms with Crippen molar-refractivity contribution in [3.63, 3.8) is 0 Å². The molecule has 188 valence electrons. The number of rotatable bonds is 10. The summed E-state index contributed by atoms with van der Waals surface area (Å²) in [5, 5.41) is 16.4. The largest absolute Gasteiger partial charge is 0.508 e. The van der Waals surface area contributed by atoms with Crippen LogP contribution in [0.5, 0.6) is 5.75 Å². The minimum Gasteiger partial charge on any atom is -0.508 e. The van der Waals surface area contributed by atoms with E-state index in [1.807, 2.05) is 19.1 Å². The maximum Gasteiger partial charge on any atom is 0.119 e. The zero-order valence-corrected chi connectivity index (χ0v) is 22.9. The highest BCUT2D eigenvalue weighted by atomic mass is 32.2. The average Bonchev–Trinajstić information content (AvgIpc) is 2.85. The van der Waals surface area contributed by atoms with Crippen LogP contribution in [0.1, 0.15) is 31.9 Å². The molecule has 0 radical (unpaired) electrons. The van der Waals surface area contributed by atoms with Crippen molar-refractivity contribution in [2.75, 3.05) is 20.1 Å². The van der Waals surface area contributed by atoms with Crippen molar-refractivity contribution < 1.29 is 5.11 Å². The third kappa shape index (κ3) is 7.13. The number of aryl methyl sites for hydroxylation is 1. The average molecular weight is 499 g/mol. The zero-order valence-electron chi connectivity index (χ0n) is 22.1. The molecule has 4 aromatic rings. The van der Waals surface area contributed by atoms with E-state index in [0.717, 1.165) is 36.2 Å². The monoisotopic (exact) mass is 498 g/mol. The quantitative estimate of drug-likeness (QED) is 0.220. The van der Waals surface area contributed by atoms with E-state index >= 15 is 0 Å². The molecular weight excluding hydrogens is 460 g/mol. The normalized spacial score (nSPS) is 12.8. The second-order valence-corrected chi connectivity index (χ2v) is 11.9. The standard InChI is InChI=1S/C32H38N2OS/c1-23(21-33-32(3,4)20-25-11-13-26-8-6-7-9-28(26)18-25)22-34(5)36-30-16-14-27(15-17-30)29-12-10-24(2)31(35)19-29/h6-19,23,33,35H,20-22H2,1-5H3. The van der Waals surface area contributed by atoms with Crippen molar-refractivity contribution in [1.29, 1.82) is 0 Å². The summed E-state index contributed by atoms with van der Waals surface area (Å²) in [4.78, 5) is 1.22. The second-order valence-electron chi connectivity index (χ2n) is 10.7. The fraction of sp³-hybridized carbons (Fsp3) is 0.312. The Morgan fingerprint density at radius 3 is 2.31 bits per heavy atom. The summed E-state index contributed by atoms with van der Waals surface area (Å²) < 4.78 is 2.31. The van der Waals surface area contributed by atoms with Gasteiger partial charge in [-0.25, -0.2) is 4.31 Å². The summed E-state index contributed by atoms with van der Waals surface area (Å²) in [7, 11) is 2.16. The number of nitrogens with one attached hydrogen (secondary N) is 1. The number of benzene rings is 4. The molecular formula is C32H38N2OS. The van der Waals surface area contributed by atoms with Gasteiger partial charge in [0.25, 0.3) is 0 Å². The fourth-order valence-corrected chi connectivity index (χ4v) is 5.54. The number of aromatic hydroxyl groups is 1. The Morgan fingerprint density at radius 2 is 1.58 bits per heavy atom. The fourth-order valence-electron chi connectivity index (χ4n) is 4.59. The van der Waals surface area contributed by atoms with E-state index in [9.17, 15) is 5.11 Å². The lowest BCUT2D eigenvalue weighted by Crippen LogP contribution is -2.44. The van der Waals surface area contributed by atoms with Crippen molar-refractivity contribution in [3.05, 3.63) is 96.1 Å². The smallest absolute Gasteiger partial charge is 0.119 e. The number of phenols is 1. The van der Waals surface area contributed by atoms with Crippen molar-refractivity contribution in [3.8, 4) is 16.9 Å². The van der Waals surface area contributed by atoms with Gasteiger partial charge < -0.3 is 10.4 Å². The lowest BCUT2D eigenvalue weighted by molar-refractivity contribution is 0.332. The highest BCUT2D eigenvalue weighted by Gasteiger charge is 2.19. The van der Waals surface area contributed by atoms with Crippen LogP contribution in [-0.2, 0) is 6.42 Å². The molecule has 0 aliphatic rings. The molecule has 4 aromatic carbocycles. The van der Waals surface area contributed by atoms with Gasteiger partial charge in [-0.3, -0.25) is 0 Å². The number of hydrogen-bond acceptors (Lipinski definition) is 4. The molecule has 0 aliphatic heterocycles. The van der Waals surface area contributed by atoms with Gasteiger partial charge in [-0.15, -0.1) is 0 Å². The van der Waals surface area contributed by atoms with Crippen molar-refractivity contribution >= 4 is 22.7 Å². The number of fused-ring (bicyclic) bond motifs is 1.